The van der Waals surface area contributed by atoms with Crippen LogP contribution < -0.4 is 15.0 Å². The Morgan fingerprint density at radius 3 is 2.69 bits per heavy atom. The summed E-state index contributed by atoms with van der Waals surface area (Å²) in [6.45, 7) is 3.03. The topological polar surface area (TPSA) is 56.6 Å². The van der Waals surface area contributed by atoms with E-state index in [1.54, 1.807) is 18.2 Å². The highest BCUT2D eigenvalue weighted by Gasteiger charge is 2.21. The van der Waals surface area contributed by atoms with E-state index in [1.807, 2.05) is 33.2 Å². The Hall–Kier alpha value is -3.19. The maximum Gasteiger partial charge on any atom is 0.271 e. The van der Waals surface area contributed by atoms with E-state index < -0.39 is 0 Å². The highest BCUT2D eigenvalue weighted by Crippen LogP contribution is 2.36. The number of hydrogen-bond acceptors (Lipinski definition) is 5. The third-order valence-electron chi connectivity index (χ3n) is 4.63. The molecule has 0 spiro atoms. The van der Waals surface area contributed by atoms with Crippen LogP contribution in [0.3, 0.4) is 0 Å². The molecule has 1 atom stereocenters. The number of fused-ring (bicyclic) bond motifs is 3. The van der Waals surface area contributed by atoms with Crippen molar-refractivity contribution in [3.8, 4) is 28.4 Å². The van der Waals surface area contributed by atoms with Gasteiger partial charge in [-0.3, -0.25) is 4.79 Å². The third kappa shape index (κ3) is 4.00. The van der Waals surface area contributed by atoms with E-state index in [0.717, 1.165) is 12.3 Å². The molecule has 0 saturated heterocycles. The summed E-state index contributed by atoms with van der Waals surface area (Å²) in [5.41, 5.74) is 2.06. The minimum Gasteiger partial charge on any atom is -0.489 e. The van der Waals surface area contributed by atoms with Crippen LogP contribution in [0.15, 0.2) is 53.3 Å². The smallest absolute Gasteiger partial charge is 0.271 e. The molecule has 0 saturated carbocycles. The zero-order chi connectivity index (χ0) is 20.5. The second-order valence-electron chi connectivity index (χ2n) is 7.38. The van der Waals surface area contributed by atoms with Gasteiger partial charge in [-0.05, 0) is 63.5 Å². The van der Waals surface area contributed by atoms with Crippen molar-refractivity contribution in [1.82, 2.24) is 14.7 Å². The molecule has 3 aromatic rings. The zero-order valence-corrected chi connectivity index (χ0v) is 16.6. The van der Waals surface area contributed by atoms with Gasteiger partial charge in [0.15, 0.2) is 0 Å². The number of likely N-dealkylation sites (N-methyl/N-ethyl adjacent to an activating group) is 1. The van der Waals surface area contributed by atoms with E-state index in [9.17, 15) is 9.18 Å². The predicted molar refractivity (Wildman–Crippen MR) is 108 cm³/mol. The number of benzene rings is 2. The van der Waals surface area contributed by atoms with Gasteiger partial charge < -0.3 is 14.4 Å². The molecule has 1 aliphatic rings. The first-order valence-corrected chi connectivity index (χ1v) is 9.38. The van der Waals surface area contributed by atoms with Crippen molar-refractivity contribution >= 4 is 0 Å². The van der Waals surface area contributed by atoms with Gasteiger partial charge in [0.1, 0.15) is 35.7 Å². The first-order chi connectivity index (χ1) is 13.9. The fraction of sp³-hybridized carbons (Fsp3) is 0.273. The quantitative estimate of drug-likeness (QED) is 0.664. The van der Waals surface area contributed by atoms with Crippen molar-refractivity contribution in [3.63, 3.8) is 0 Å². The van der Waals surface area contributed by atoms with Gasteiger partial charge in [-0.1, -0.05) is 0 Å². The lowest BCUT2D eigenvalue weighted by Crippen LogP contribution is -2.28. The van der Waals surface area contributed by atoms with Gasteiger partial charge in [0.2, 0.25) is 0 Å². The standard InChI is InChI=1S/C22H22FN3O3/c1-14(12-25(2)3)29-18-7-5-17(6-8-18)26-21(27)10-15-13-28-20-9-4-16(23)11-19(20)22(15)24-26/h4-11,14H,12-13H2,1-3H3. The number of halogens is 1. The lowest BCUT2D eigenvalue weighted by Gasteiger charge is -2.21. The summed E-state index contributed by atoms with van der Waals surface area (Å²) in [6.07, 6.45) is 0.0341. The normalized spacial score (nSPS) is 13.4. The van der Waals surface area contributed by atoms with Crippen LogP contribution in [0.25, 0.3) is 16.9 Å². The highest BCUT2D eigenvalue weighted by molar-refractivity contribution is 5.71. The molecule has 0 aliphatic carbocycles. The first kappa shape index (κ1) is 19.1. The van der Waals surface area contributed by atoms with Crippen LogP contribution in [-0.4, -0.2) is 41.4 Å². The molecule has 0 radical (unpaired) electrons. The number of aromatic nitrogens is 2. The third-order valence-corrected chi connectivity index (χ3v) is 4.63. The Labute approximate surface area is 168 Å². The van der Waals surface area contributed by atoms with Gasteiger partial charge in [-0.15, -0.1) is 0 Å². The van der Waals surface area contributed by atoms with Crippen molar-refractivity contribution in [2.75, 3.05) is 20.6 Å². The molecule has 1 aromatic heterocycles. The molecule has 0 N–H and O–H groups in total. The summed E-state index contributed by atoms with van der Waals surface area (Å²) in [5.74, 6) is 0.887. The second-order valence-corrected chi connectivity index (χ2v) is 7.38. The molecule has 150 valence electrons. The number of ether oxygens (including phenoxy) is 2. The summed E-state index contributed by atoms with van der Waals surface area (Å²) in [5, 5.41) is 4.51. The Bertz CT molecular complexity index is 1090. The molecule has 29 heavy (non-hydrogen) atoms. The van der Waals surface area contributed by atoms with Crippen LogP contribution in [0.4, 0.5) is 4.39 Å². The Balaban J connectivity index is 1.66. The molecular weight excluding hydrogens is 373 g/mol. The van der Waals surface area contributed by atoms with Crippen LogP contribution in [0, 0.1) is 5.82 Å². The van der Waals surface area contributed by atoms with Crippen molar-refractivity contribution < 1.29 is 13.9 Å². The van der Waals surface area contributed by atoms with E-state index in [0.29, 0.717) is 28.3 Å². The summed E-state index contributed by atoms with van der Waals surface area (Å²) in [6, 6.07) is 13.0. The lowest BCUT2D eigenvalue weighted by atomic mass is 10.0. The van der Waals surface area contributed by atoms with Gasteiger partial charge in [-0.25, -0.2) is 4.39 Å². The van der Waals surface area contributed by atoms with E-state index in [2.05, 4.69) is 10.00 Å². The monoisotopic (exact) mass is 395 g/mol. The Kier molecular flexibility index (Phi) is 5.07. The van der Waals surface area contributed by atoms with Gasteiger partial charge in [0, 0.05) is 23.7 Å². The van der Waals surface area contributed by atoms with Crippen LogP contribution in [0.1, 0.15) is 12.5 Å². The molecule has 0 amide bonds. The van der Waals surface area contributed by atoms with Crippen LogP contribution in [0.5, 0.6) is 11.5 Å². The van der Waals surface area contributed by atoms with Crippen molar-refractivity contribution in [3.05, 3.63) is 70.3 Å². The molecule has 4 rings (SSSR count). The molecule has 6 nitrogen and oxygen atoms in total. The molecule has 1 aliphatic heterocycles. The maximum atomic E-state index is 13.8. The second kappa shape index (κ2) is 7.67. The largest absolute Gasteiger partial charge is 0.489 e. The molecule has 2 aromatic carbocycles. The Morgan fingerprint density at radius 1 is 1.21 bits per heavy atom. The van der Waals surface area contributed by atoms with E-state index in [1.165, 1.54) is 22.9 Å². The minimum atomic E-state index is -0.381. The van der Waals surface area contributed by atoms with Crippen LogP contribution in [-0.2, 0) is 6.61 Å². The lowest BCUT2D eigenvalue weighted by molar-refractivity contribution is 0.177. The SMILES string of the molecule is CC(CN(C)C)Oc1ccc(-n2nc3c(cc2=O)COc2ccc(F)cc2-3)cc1. The van der Waals surface area contributed by atoms with Gasteiger partial charge in [0.05, 0.1) is 5.69 Å². The van der Waals surface area contributed by atoms with Crippen LogP contribution >= 0.6 is 0 Å². The molecule has 0 bridgehead atoms. The minimum absolute atomic E-state index is 0.0341. The number of nitrogens with zero attached hydrogens (tertiary/aromatic N) is 3. The summed E-state index contributed by atoms with van der Waals surface area (Å²) in [7, 11) is 3.98. The van der Waals surface area contributed by atoms with E-state index in [4.69, 9.17) is 9.47 Å². The molecule has 1 unspecified atom stereocenters. The van der Waals surface area contributed by atoms with Crippen molar-refractivity contribution in [1.29, 1.82) is 0 Å². The van der Waals surface area contributed by atoms with Gasteiger partial charge in [-0.2, -0.15) is 9.78 Å². The van der Waals surface area contributed by atoms with E-state index >= 15 is 0 Å². The van der Waals surface area contributed by atoms with Crippen LogP contribution in [0.2, 0.25) is 0 Å². The summed E-state index contributed by atoms with van der Waals surface area (Å²) in [4.78, 5) is 14.6. The number of rotatable bonds is 5. The zero-order valence-electron chi connectivity index (χ0n) is 16.6. The van der Waals surface area contributed by atoms with Gasteiger partial charge in [0.25, 0.3) is 5.56 Å². The number of hydrogen-bond donors (Lipinski definition) is 0. The molecular formula is C22H22FN3O3. The summed E-state index contributed by atoms with van der Waals surface area (Å²) < 4.78 is 26.6. The highest BCUT2D eigenvalue weighted by atomic mass is 19.1. The average Bonchev–Trinajstić information content (AvgIpc) is 2.67. The molecule has 2 heterocycles. The molecule has 7 heteroatoms. The van der Waals surface area contributed by atoms with Crippen molar-refractivity contribution in [2.24, 2.45) is 0 Å². The fourth-order valence-electron chi connectivity index (χ4n) is 3.43. The Morgan fingerprint density at radius 2 is 1.97 bits per heavy atom. The van der Waals surface area contributed by atoms with E-state index in [-0.39, 0.29) is 24.1 Å². The van der Waals surface area contributed by atoms with Gasteiger partial charge >= 0.3 is 0 Å². The molecule has 0 fully saturated rings. The fourth-order valence-corrected chi connectivity index (χ4v) is 3.43. The average molecular weight is 395 g/mol. The first-order valence-electron chi connectivity index (χ1n) is 9.38. The van der Waals surface area contributed by atoms with Crippen molar-refractivity contribution in [2.45, 2.75) is 19.6 Å². The summed E-state index contributed by atoms with van der Waals surface area (Å²) >= 11 is 0. The predicted octanol–water partition coefficient (Wildman–Crippen LogP) is 3.26. The maximum absolute atomic E-state index is 13.8.